The van der Waals surface area contributed by atoms with Crippen LogP contribution in [0.4, 0.5) is 0 Å². The van der Waals surface area contributed by atoms with E-state index in [9.17, 15) is 15.3 Å². The van der Waals surface area contributed by atoms with E-state index in [4.69, 9.17) is 0 Å². The smallest absolute Gasteiger partial charge is 0.872 e. The summed E-state index contributed by atoms with van der Waals surface area (Å²) in [6.07, 6.45) is 7.97. The van der Waals surface area contributed by atoms with Gasteiger partial charge in [0.25, 0.3) is 0 Å². The molecule has 0 amide bonds. The molecule has 37 heavy (non-hydrogen) atoms. The van der Waals surface area contributed by atoms with E-state index in [1.807, 2.05) is 18.2 Å². The number of para-hydroxylation sites is 3. The van der Waals surface area contributed by atoms with E-state index in [1.54, 1.807) is 73.2 Å². The molecule has 0 spiro atoms. The Bertz CT molecular complexity index is 948. The van der Waals surface area contributed by atoms with Crippen molar-refractivity contribution < 1.29 is 32.1 Å². The molecular formula is C30H36CoN3O3. The van der Waals surface area contributed by atoms with Gasteiger partial charge in [-0.25, -0.2) is 0 Å². The fourth-order valence-corrected chi connectivity index (χ4v) is 2.64. The minimum atomic E-state index is 0. The number of hydrogen-bond donors (Lipinski definition) is 0. The van der Waals surface area contributed by atoms with Gasteiger partial charge in [-0.1, -0.05) is 93.6 Å². The van der Waals surface area contributed by atoms with E-state index < -0.39 is 0 Å². The van der Waals surface area contributed by atoms with Gasteiger partial charge in [0.1, 0.15) is 0 Å². The predicted molar refractivity (Wildman–Crippen MR) is 146 cm³/mol. The second-order valence-corrected chi connectivity index (χ2v) is 7.72. The number of hydrogen-bond acceptors (Lipinski definition) is 6. The third-order valence-electron chi connectivity index (χ3n) is 4.51. The van der Waals surface area contributed by atoms with E-state index in [0.29, 0.717) is 16.7 Å². The molecule has 0 aliphatic heterocycles. The van der Waals surface area contributed by atoms with Crippen LogP contribution in [-0.2, 0) is 16.8 Å². The molecule has 0 saturated carbocycles. The fourth-order valence-electron chi connectivity index (χ4n) is 2.64. The summed E-state index contributed by atoms with van der Waals surface area (Å²) in [5, 5.41) is 33.4. The molecule has 3 aromatic rings. The molecule has 0 atom stereocenters. The van der Waals surface area contributed by atoms with E-state index in [0.717, 1.165) is 38.9 Å². The summed E-state index contributed by atoms with van der Waals surface area (Å²) in [5.74, 6) is 0.118. The van der Waals surface area contributed by atoms with Crippen LogP contribution in [0.15, 0.2) is 87.8 Å². The predicted octanol–water partition coefficient (Wildman–Crippen LogP) is 4.76. The fraction of sp³-hybridized carbons (Fsp3) is 0.300. The molecule has 198 valence electrons. The van der Waals surface area contributed by atoms with E-state index >= 15 is 0 Å². The van der Waals surface area contributed by atoms with Crippen LogP contribution in [-0.4, -0.2) is 38.3 Å². The van der Waals surface area contributed by atoms with E-state index in [1.165, 1.54) is 0 Å². The second kappa shape index (κ2) is 21.8. The molecule has 0 bridgehead atoms. The van der Waals surface area contributed by atoms with Crippen molar-refractivity contribution >= 4 is 18.6 Å². The van der Waals surface area contributed by atoms with Crippen LogP contribution in [0.2, 0.25) is 0 Å². The molecule has 3 rings (SSSR count). The maximum atomic E-state index is 11.1. The van der Waals surface area contributed by atoms with Crippen LogP contribution < -0.4 is 15.3 Å². The number of nitrogens with zero attached hydrogens (tertiary/aromatic N) is 3. The molecule has 7 heteroatoms. The molecule has 0 unspecified atom stereocenters. The van der Waals surface area contributed by atoms with Crippen molar-refractivity contribution in [2.24, 2.45) is 15.0 Å². The van der Waals surface area contributed by atoms with Gasteiger partial charge in [0.2, 0.25) is 0 Å². The Balaban J connectivity index is 0.000000518. The zero-order valence-electron chi connectivity index (χ0n) is 21.8. The Morgan fingerprint density at radius 2 is 0.730 bits per heavy atom. The summed E-state index contributed by atoms with van der Waals surface area (Å²) in [5.41, 5.74) is 2.02. The first-order valence-electron chi connectivity index (χ1n) is 12.3. The van der Waals surface area contributed by atoms with Gasteiger partial charge >= 0.3 is 16.8 Å². The molecule has 0 fully saturated rings. The van der Waals surface area contributed by atoms with Crippen molar-refractivity contribution in [3.05, 3.63) is 89.5 Å². The Morgan fingerprint density at radius 1 is 0.486 bits per heavy atom. The molecule has 0 radical (unpaired) electrons. The third-order valence-corrected chi connectivity index (χ3v) is 4.51. The average molecular weight is 546 g/mol. The monoisotopic (exact) mass is 545 g/mol. The Kier molecular flexibility index (Phi) is 19.8. The van der Waals surface area contributed by atoms with Crippen LogP contribution in [0.5, 0.6) is 17.2 Å². The van der Waals surface area contributed by atoms with Gasteiger partial charge in [-0.15, -0.1) is 17.2 Å². The third kappa shape index (κ3) is 15.3. The summed E-state index contributed by atoms with van der Waals surface area (Å²) >= 11 is 0. The van der Waals surface area contributed by atoms with Crippen LogP contribution in [0.3, 0.4) is 0 Å². The van der Waals surface area contributed by atoms with E-state index in [-0.39, 0.29) is 34.0 Å². The summed E-state index contributed by atoms with van der Waals surface area (Å²) in [6.45, 7) is 8.53. The van der Waals surface area contributed by atoms with Crippen LogP contribution in [0, 0.1) is 0 Å². The molecular weight excluding hydrogens is 509 g/mol. The Hall–Kier alpha value is -3.42. The van der Waals surface area contributed by atoms with Crippen LogP contribution in [0.1, 0.15) is 56.7 Å². The van der Waals surface area contributed by atoms with Crippen LogP contribution in [0.25, 0.3) is 0 Å². The van der Waals surface area contributed by atoms with Crippen molar-refractivity contribution in [2.45, 2.75) is 40.0 Å². The molecule has 0 aliphatic rings. The quantitative estimate of drug-likeness (QED) is 0.362. The molecule has 0 heterocycles. The average Bonchev–Trinajstić information content (AvgIpc) is 2.89. The van der Waals surface area contributed by atoms with Gasteiger partial charge < -0.3 is 15.3 Å². The summed E-state index contributed by atoms with van der Waals surface area (Å²) in [6, 6.07) is 20.7. The van der Waals surface area contributed by atoms with Crippen molar-refractivity contribution in [3.8, 4) is 17.2 Å². The minimum Gasteiger partial charge on any atom is -0.872 e. The van der Waals surface area contributed by atoms with Crippen molar-refractivity contribution in [1.82, 2.24) is 0 Å². The number of benzene rings is 3. The summed E-state index contributed by atoms with van der Waals surface area (Å²) in [4.78, 5) is 12.3. The van der Waals surface area contributed by atoms with Gasteiger partial charge in [0.15, 0.2) is 0 Å². The molecule has 0 aliphatic carbocycles. The molecule has 0 aromatic heterocycles. The maximum absolute atomic E-state index is 11.1. The van der Waals surface area contributed by atoms with Gasteiger partial charge in [-0.05, 0) is 36.0 Å². The van der Waals surface area contributed by atoms with E-state index in [2.05, 4.69) is 35.7 Å². The molecule has 0 N–H and O–H groups in total. The zero-order valence-corrected chi connectivity index (χ0v) is 22.8. The standard InChI is InChI=1S/3C10H13NO.Co/c3*1-2-7-11-8-9-5-3-4-6-10(9)12;/h3*3-6,8,12H,2,7H2,1H3;/q;;;+3/p-3. The van der Waals surface area contributed by atoms with Crippen LogP contribution >= 0.6 is 0 Å². The van der Waals surface area contributed by atoms with Crippen molar-refractivity contribution in [2.75, 3.05) is 19.6 Å². The Labute approximate surface area is 231 Å². The topological polar surface area (TPSA) is 106 Å². The normalized spacial score (nSPS) is 10.5. The number of rotatable bonds is 9. The first-order chi connectivity index (χ1) is 17.5. The van der Waals surface area contributed by atoms with Crippen molar-refractivity contribution in [3.63, 3.8) is 0 Å². The van der Waals surface area contributed by atoms with Gasteiger partial charge in [-0.3, -0.25) is 15.0 Å². The van der Waals surface area contributed by atoms with Gasteiger partial charge in [0, 0.05) is 38.3 Å². The first kappa shape index (κ1) is 33.6. The number of aliphatic imine (C=N–C) groups is 3. The molecule has 0 saturated heterocycles. The zero-order chi connectivity index (χ0) is 26.4. The molecule has 3 aromatic carbocycles. The SMILES string of the molecule is CCCN=Cc1ccccc1[O-].CCCN=Cc1ccccc1[O-].CCCN=Cc1ccccc1[O-].[Co+3]. The molecule has 6 nitrogen and oxygen atoms in total. The summed E-state index contributed by atoms with van der Waals surface area (Å²) < 4.78 is 0. The Morgan fingerprint density at radius 3 is 0.946 bits per heavy atom. The van der Waals surface area contributed by atoms with Crippen molar-refractivity contribution in [1.29, 1.82) is 0 Å². The second-order valence-electron chi connectivity index (χ2n) is 7.72. The minimum absolute atomic E-state index is 0. The maximum Gasteiger partial charge on any atom is 3.00 e. The van der Waals surface area contributed by atoms with Gasteiger partial charge in [-0.2, -0.15) is 0 Å². The summed E-state index contributed by atoms with van der Waals surface area (Å²) in [7, 11) is 0. The first-order valence-corrected chi connectivity index (χ1v) is 12.3. The largest absolute Gasteiger partial charge is 3.00 e. The van der Waals surface area contributed by atoms with Gasteiger partial charge in [0.05, 0.1) is 0 Å².